The Kier molecular flexibility index (Phi) is 2.45. The Morgan fingerprint density at radius 1 is 1.06 bits per heavy atom. The number of aromatic amines is 1. The van der Waals surface area contributed by atoms with Crippen LogP contribution in [0.2, 0.25) is 0 Å². The molecule has 0 saturated heterocycles. The molecule has 0 aliphatic carbocycles. The Hall–Kier alpha value is -2.07. The van der Waals surface area contributed by atoms with Gasteiger partial charge in [-0.1, -0.05) is 24.3 Å². The first kappa shape index (κ1) is 11.0. The maximum Gasteiger partial charge on any atom is 0.221 e. The third kappa shape index (κ3) is 1.71. The molecule has 0 bridgehead atoms. The van der Waals surface area contributed by atoms with E-state index < -0.39 is 9.84 Å². The van der Waals surface area contributed by atoms with Gasteiger partial charge in [-0.25, -0.2) is 8.42 Å². The molecule has 3 rings (SSSR count). The molecule has 0 saturated carbocycles. The van der Waals surface area contributed by atoms with Gasteiger partial charge >= 0.3 is 0 Å². The number of benzene rings is 2. The molecule has 18 heavy (non-hydrogen) atoms. The zero-order valence-electron chi connectivity index (χ0n) is 9.42. The zero-order valence-corrected chi connectivity index (χ0v) is 10.2. The molecule has 2 aromatic carbocycles. The first-order valence-electron chi connectivity index (χ1n) is 5.47. The molecule has 1 radical (unpaired) electrons. The lowest BCUT2D eigenvalue weighted by molar-refractivity contribution is 0.593. The van der Waals surface area contributed by atoms with E-state index in [1.165, 1.54) is 0 Å². The van der Waals surface area contributed by atoms with E-state index in [2.05, 4.69) is 11.1 Å². The largest absolute Gasteiger partial charge is 0.345 e. The van der Waals surface area contributed by atoms with E-state index in [1.54, 1.807) is 54.6 Å². The average molecular weight is 256 g/mol. The van der Waals surface area contributed by atoms with Crippen LogP contribution in [0.25, 0.3) is 10.9 Å². The molecule has 0 spiro atoms. The van der Waals surface area contributed by atoms with E-state index in [9.17, 15) is 8.42 Å². The number of sulfone groups is 1. The van der Waals surface area contributed by atoms with Crippen LogP contribution in [0.15, 0.2) is 64.5 Å². The highest BCUT2D eigenvalue weighted by molar-refractivity contribution is 7.91. The predicted molar refractivity (Wildman–Crippen MR) is 69.0 cm³/mol. The van der Waals surface area contributed by atoms with Gasteiger partial charge in [0.25, 0.3) is 0 Å². The van der Waals surface area contributed by atoms with Crippen molar-refractivity contribution in [2.75, 3.05) is 0 Å². The lowest BCUT2D eigenvalue weighted by Gasteiger charge is -2.00. The SMILES string of the molecule is O=S(=O)(c1ccccc1)c1cc2c[c]ccc2[nH]1. The van der Waals surface area contributed by atoms with Crippen molar-refractivity contribution in [3.63, 3.8) is 0 Å². The van der Waals surface area contributed by atoms with Gasteiger partial charge in [-0.2, -0.15) is 0 Å². The summed E-state index contributed by atoms with van der Waals surface area (Å²) in [6, 6.07) is 18.3. The summed E-state index contributed by atoms with van der Waals surface area (Å²) in [5.41, 5.74) is 0.795. The lowest BCUT2D eigenvalue weighted by atomic mass is 10.3. The number of H-pyrrole nitrogens is 1. The van der Waals surface area contributed by atoms with Gasteiger partial charge in [0.1, 0.15) is 5.03 Å². The minimum Gasteiger partial charge on any atom is -0.345 e. The van der Waals surface area contributed by atoms with E-state index >= 15 is 0 Å². The van der Waals surface area contributed by atoms with Crippen LogP contribution in [0.3, 0.4) is 0 Å². The topological polar surface area (TPSA) is 49.9 Å². The molecule has 1 heterocycles. The molecule has 0 atom stereocenters. The fourth-order valence-corrected chi connectivity index (χ4v) is 3.15. The standard InChI is InChI=1S/C14H10NO2S/c16-18(17,12-7-2-1-3-8-12)14-10-11-6-4-5-9-13(11)15-14/h1-3,5-10,15H. The van der Waals surface area contributed by atoms with Crippen molar-refractivity contribution in [1.29, 1.82) is 0 Å². The second-order valence-electron chi connectivity index (χ2n) is 3.96. The Morgan fingerprint density at radius 3 is 2.56 bits per heavy atom. The van der Waals surface area contributed by atoms with Crippen LogP contribution in [-0.4, -0.2) is 13.4 Å². The first-order chi connectivity index (χ1) is 8.68. The maximum absolute atomic E-state index is 12.4. The molecular weight excluding hydrogens is 246 g/mol. The number of rotatable bonds is 2. The van der Waals surface area contributed by atoms with Crippen molar-refractivity contribution in [2.24, 2.45) is 0 Å². The van der Waals surface area contributed by atoms with Gasteiger partial charge in [-0.05, 0) is 36.4 Å². The molecule has 0 aliphatic rings. The van der Waals surface area contributed by atoms with E-state index in [0.717, 1.165) is 10.9 Å². The van der Waals surface area contributed by atoms with Crippen molar-refractivity contribution in [1.82, 2.24) is 4.98 Å². The van der Waals surface area contributed by atoms with Gasteiger partial charge in [0.2, 0.25) is 9.84 Å². The van der Waals surface area contributed by atoms with Crippen LogP contribution in [-0.2, 0) is 9.84 Å². The van der Waals surface area contributed by atoms with Gasteiger partial charge in [-0.3, -0.25) is 0 Å². The van der Waals surface area contributed by atoms with Gasteiger partial charge < -0.3 is 4.98 Å². The number of fused-ring (bicyclic) bond motifs is 1. The molecule has 89 valence electrons. The molecule has 0 amide bonds. The molecule has 0 fully saturated rings. The molecule has 0 aliphatic heterocycles. The highest BCUT2D eigenvalue weighted by Gasteiger charge is 2.19. The van der Waals surface area contributed by atoms with E-state index in [4.69, 9.17) is 0 Å². The molecule has 3 nitrogen and oxygen atoms in total. The smallest absolute Gasteiger partial charge is 0.221 e. The number of nitrogens with one attached hydrogen (secondary N) is 1. The summed E-state index contributed by atoms with van der Waals surface area (Å²) >= 11 is 0. The number of aromatic nitrogens is 1. The van der Waals surface area contributed by atoms with Crippen molar-refractivity contribution >= 4 is 20.7 Å². The molecule has 4 heteroatoms. The molecule has 1 N–H and O–H groups in total. The highest BCUT2D eigenvalue weighted by Crippen LogP contribution is 2.23. The fourth-order valence-electron chi connectivity index (χ4n) is 1.86. The van der Waals surface area contributed by atoms with Crippen molar-refractivity contribution in [2.45, 2.75) is 9.92 Å². The Morgan fingerprint density at radius 2 is 1.83 bits per heavy atom. The van der Waals surface area contributed by atoms with Crippen molar-refractivity contribution < 1.29 is 8.42 Å². The monoisotopic (exact) mass is 256 g/mol. The van der Waals surface area contributed by atoms with Crippen LogP contribution < -0.4 is 0 Å². The minimum atomic E-state index is -3.47. The zero-order chi connectivity index (χ0) is 12.6. The van der Waals surface area contributed by atoms with Crippen LogP contribution in [0.1, 0.15) is 0 Å². The average Bonchev–Trinajstić information content (AvgIpc) is 2.84. The molecule has 0 unspecified atom stereocenters. The Labute approximate surface area is 105 Å². The van der Waals surface area contributed by atoms with Gasteiger partial charge in [0.05, 0.1) is 4.90 Å². The Balaban J connectivity index is 2.20. The van der Waals surface area contributed by atoms with Crippen molar-refractivity contribution in [3.8, 4) is 0 Å². The summed E-state index contributed by atoms with van der Waals surface area (Å²) in [6.45, 7) is 0. The van der Waals surface area contributed by atoms with Crippen LogP contribution in [0, 0.1) is 6.07 Å². The summed E-state index contributed by atoms with van der Waals surface area (Å²) in [6.07, 6.45) is 0. The van der Waals surface area contributed by atoms with Crippen LogP contribution in [0.4, 0.5) is 0 Å². The molecule has 3 aromatic rings. The van der Waals surface area contributed by atoms with E-state index in [0.29, 0.717) is 4.90 Å². The Bertz CT molecular complexity index is 756. The summed E-state index contributed by atoms with van der Waals surface area (Å²) in [5.74, 6) is 0. The van der Waals surface area contributed by atoms with Crippen LogP contribution in [0.5, 0.6) is 0 Å². The normalized spacial score (nSPS) is 11.8. The molecule has 1 aromatic heterocycles. The summed E-state index contributed by atoms with van der Waals surface area (Å²) in [7, 11) is -3.47. The van der Waals surface area contributed by atoms with E-state index in [1.807, 2.05) is 0 Å². The summed E-state index contributed by atoms with van der Waals surface area (Å²) in [4.78, 5) is 3.22. The third-order valence-electron chi connectivity index (χ3n) is 2.78. The highest BCUT2D eigenvalue weighted by atomic mass is 32.2. The first-order valence-corrected chi connectivity index (χ1v) is 6.95. The molecular formula is C14H10NO2S. The number of hydrogen-bond donors (Lipinski definition) is 1. The van der Waals surface area contributed by atoms with Gasteiger partial charge in [0.15, 0.2) is 0 Å². The second-order valence-corrected chi connectivity index (χ2v) is 5.88. The predicted octanol–water partition coefficient (Wildman–Crippen LogP) is 2.80. The van der Waals surface area contributed by atoms with Crippen LogP contribution >= 0.6 is 0 Å². The van der Waals surface area contributed by atoms with Gasteiger partial charge in [-0.15, -0.1) is 0 Å². The fraction of sp³-hybridized carbons (Fsp3) is 0. The lowest BCUT2D eigenvalue weighted by Crippen LogP contribution is -2.01. The third-order valence-corrected chi connectivity index (χ3v) is 4.48. The van der Waals surface area contributed by atoms with Gasteiger partial charge in [0, 0.05) is 10.9 Å². The summed E-state index contributed by atoms with van der Waals surface area (Å²) < 4.78 is 24.7. The second kappa shape index (κ2) is 3.99. The van der Waals surface area contributed by atoms with Crippen molar-refractivity contribution in [3.05, 3.63) is 60.7 Å². The maximum atomic E-state index is 12.4. The minimum absolute atomic E-state index is 0.211. The number of hydrogen-bond acceptors (Lipinski definition) is 2. The summed E-state index contributed by atoms with van der Waals surface area (Å²) in [5, 5.41) is 1.05. The van der Waals surface area contributed by atoms with E-state index in [-0.39, 0.29) is 5.03 Å². The quantitative estimate of drug-likeness (QED) is 0.766.